The fourth-order valence-electron chi connectivity index (χ4n) is 1.39. The molecule has 0 unspecified atom stereocenters. The van der Waals surface area contributed by atoms with Gasteiger partial charge in [-0.3, -0.25) is 0 Å². The lowest BCUT2D eigenvalue weighted by Gasteiger charge is -2.08. The third-order valence-corrected chi connectivity index (χ3v) is 2.49. The molecule has 2 aromatic rings. The van der Waals surface area contributed by atoms with Crippen LogP contribution in [0.5, 0.6) is 11.6 Å². The summed E-state index contributed by atoms with van der Waals surface area (Å²) in [6, 6.07) is 13.1. The standard InChI is InChI=1S/C13H12N2OS/c1-9-5-2-3-7-11(9)16-12-8-4-6-10(15-12)13(14)17/h2-8H,1H3,(H2,14,17). The summed E-state index contributed by atoms with van der Waals surface area (Å²) in [5.74, 6) is 1.27. The molecule has 1 aromatic carbocycles. The van der Waals surface area contributed by atoms with Gasteiger partial charge in [-0.25, -0.2) is 4.98 Å². The first-order chi connectivity index (χ1) is 8.16. The summed E-state index contributed by atoms with van der Waals surface area (Å²) >= 11 is 4.87. The second-order valence-electron chi connectivity index (χ2n) is 3.59. The predicted molar refractivity (Wildman–Crippen MR) is 71.4 cm³/mol. The van der Waals surface area contributed by atoms with Crippen molar-refractivity contribution in [3.05, 3.63) is 53.7 Å². The largest absolute Gasteiger partial charge is 0.439 e. The quantitative estimate of drug-likeness (QED) is 0.843. The molecule has 0 aliphatic carbocycles. The van der Waals surface area contributed by atoms with Gasteiger partial charge in [0.1, 0.15) is 16.4 Å². The van der Waals surface area contributed by atoms with Crippen LogP contribution in [0, 0.1) is 6.92 Å². The Hall–Kier alpha value is -1.94. The summed E-state index contributed by atoms with van der Waals surface area (Å²) in [5, 5.41) is 0. The van der Waals surface area contributed by atoms with E-state index in [1.54, 1.807) is 12.1 Å². The first kappa shape index (κ1) is 11.5. The number of para-hydroxylation sites is 1. The molecule has 0 bridgehead atoms. The van der Waals surface area contributed by atoms with E-state index in [2.05, 4.69) is 4.98 Å². The van der Waals surface area contributed by atoms with E-state index >= 15 is 0 Å². The minimum Gasteiger partial charge on any atom is -0.439 e. The molecule has 0 saturated heterocycles. The number of thiocarbonyl (C=S) groups is 1. The molecule has 0 saturated carbocycles. The van der Waals surface area contributed by atoms with Gasteiger partial charge in [0, 0.05) is 6.07 Å². The average molecular weight is 244 g/mol. The summed E-state index contributed by atoms with van der Waals surface area (Å²) in [5.41, 5.74) is 7.13. The van der Waals surface area contributed by atoms with E-state index in [-0.39, 0.29) is 4.99 Å². The van der Waals surface area contributed by atoms with Crippen LogP contribution in [-0.4, -0.2) is 9.97 Å². The highest BCUT2D eigenvalue weighted by Gasteiger charge is 2.03. The second-order valence-corrected chi connectivity index (χ2v) is 4.03. The van der Waals surface area contributed by atoms with Gasteiger partial charge in [-0.1, -0.05) is 36.5 Å². The number of hydrogen-bond donors (Lipinski definition) is 1. The number of aryl methyl sites for hydroxylation is 1. The van der Waals surface area contributed by atoms with E-state index in [1.165, 1.54) is 0 Å². The van der Waals surface area contributed by atoms with Crippen LogP contribution in [-0.2, 0) is 0 Å². The van der Waals surface area contributed by atoms with Crippen LogP contribution in [0.15, 0.2) is 42.5 Å². The maximum atomic E-state index is 5.67. The topological polar surface area (TPSA) is 48.1 Å². The number of nitrogens with two attached hydrogens (primary N) is 1. The van der Waals surface area contributed by atoms with Crippen molar-refractivity contribution in [1.82, 2.24) is 4.98 Å². The van der Waals surface area contributed by atoms with Crippen LogP contribution >= 0.6 is 12.2 Å². The van der Waals surface area contributed by atoms with E-state index in [0.29, 0.717) is 11.6 Å². The van der Waals surface area contributed by atoms with E-state index in [1.807, 2.05) is 37.3 Å². The summed E-state index contributed by atoms with van der Waals surface area (Å²) in [7, 11) is 0. The fraction of sp³-hybridized carbons (Fsp3) is 0.0769. The zero-order chi connectivity index (χ0) is 12.3. The van der Waals surface area contributed by atoms with Crippen molar-refractivity contribution in [3.8, 4) is 11.6 Å². The molecule has 0 aliphatic heterocycles. The van der Waals surface area contributed by atoms with Gasteiger partial charge in [-0.15, -0.1) is 0 Å². The van der Waals surface area contributed by atoms with E-state index in [0.717, 1.165) is 11.3 Å². The van der Waals surface area contributed by atoms with E-state index < -0.39 is 0 Å². The van der Waals surface area contributed by atoms with Gasteiger partial charge < -0.3 is 10.5 Å². The van der Waals surface area contributed by atoms with Gasteiger partial charge in [-0.2, -0.15) is 0 Å². The summed E-state index contributed by atoms with van der Waals surface area (Å²) in [6.07, 6.45) is 0. The number of pyridine rings is 1. The molecule has 2 N–H and O–H groups in total. The molecule has 1 heterocycles. The summed E-state index contributed by atoms with van der Waals surface area (Å²) in [6.45, 7) is 1.98. The highest BCUT2D eigenvalue weighted by molar-refractivity contribution is 7.80. The number of aromatic nitrogens is 1. The van der Waals surface area contributed by atoms with E-state index in [4.69, 9.17) is 22.7 Å². The number of ether oxygens (including phenoxy) is 1. The maximum absolute atomic E-state index is 5.67. The van der Waals surface area contributed by atoms with Crippen molar-refractivity contribution < 1.29 is 4.74 Å². The molecule has 86 valence electrons. The predicted octanol–water partition coefficient (Wildman–Crippen LogP) is 2.82. The minimum absolute atomic E-state index is 0.264. The minimum atomic E-state index is 0.264. The Kier molecular flexibility index (Phi) is 3.35. The Morgan fingerprint density at radius 2 is 1.94 bits per heavy atom. The lowest BCUT2D eigenvalue weighted by atomic mass is 10.2. The van der Waals surface area contributed by atoms with Gasteiger partial charge in [0.15, 0.2) is 0 Å². The molecule has 0 amide bonds. The van der Waals surface area contributed by atoms with E-state index in [9.17, 15) is 0 Å². The van der Waals surface area contributed by atoms with Crippen LogP contribution in [0.3, 0.4) is 0 Å². The molecule has 2 rings (SSSR count). The fourth-order valence-corrected chi connectivity index (χ4v) is 1.51. The Morgan fingerprint density at radius 1 is 1.18 bits per heavy atom. The first-order valence-electron chi connectivity index (χ1n) is 5.17. The highest BCUT2D eigenvalue weighted by Crippen LogP contribution is 2.22. The number of benzene rings is 1. The average Bonchev–Trinajstić information content (AvgIpc) is 2.32. The molecular formula is C13H12N2OS. The van der Waals surface area contributed by atoms with Crippen LogP contribution in [0.25, 0.3) is 0 Å². The molecule has 17 heavy (non-hydrogen) atoms. The van der Waals surface area contributed by atoms with Crippen molar-refractivity contribution in [2.24, 2.45) is 5.73 Å². The number of nitrogens with zero attached hydrogens (tertiary/aromatic N) is 1. The highest BCUT2D eigenvalue weighted by atomic mass is 32.1. The van der Waals surface area contributed by atoms with Crippen LogP contribution in [0.2, 0.25) is 0 Å². The smallest absolute Gasteiger partial charge is 0.219 e. The molecule has 3 nitrogen and oxygen atoms in total. The van der Waals surface area contributed by atoms with Crippen LogP contribution < -0.4 is 10.5 Å². The molecule has 1 aromatic heterocycles. The summed E-state index contributed by atoms with van der Waals surface area (Å²) in [4.78, 5) is 4.48. The molecule has 0 atom stereocenters. The molecule has 4 heteroatoms. The molecule has 0 aliphatic rings. The second kappa shape index (κ2) is 4.93. The molecule has 0 radical (unpaired) electrons. The molecule has 0 spiro atoms. The maximum Gasteiger partial charge on any atom is 0.219 e. The van der Waals surface area contributed by atoms with Gasteiger partial charge in [-0.05, 0) is 24.6 Å². The van der Waals surface area contributed by atoms with Crippen molar-refractivity contribution >= 4 is 17.2 Å². The zero-order valence-corrected chi connectivity index (χ0v) is 10.2. The van der Waals surface area contributed by atoms with Gasteiger partial charge in [0.25, 0.3) is 0 Å². The Labute approximate surface area is 105 Å². The third-order valence-electron chi connectivity index (χ3n) is 2.28. The normalized spacial score (nSPS) is 9.94. The van der Waals surface area contributed by atoms with Crippen LogP contribution in [0.4, 0.5) is 0 Å². The third kappa shape index (κ3) is 2.79. The number of hydrogen-bond acceptors (Lipinski definition) is 3. The zero-order valence-electron chi connectivity index (χ0n) is 9.38. The molecular weight excluding hydrogens is 232 g/mol. The van der Waals surface area contributed by atoms with Crippen molar-refractivity contribution in [1.29, 1.82) is 0 Å². The monoisotopic (exact) mass is 244 g/mol. The van der Waals surface area contributed by atoms with Crippen molar-refractivity contribution in [2.75, 3.05) is 0 Å². The SMILES string of the molecule is Cc1ccccc1Oc1cccc(C(N)=S)n1. The van der Waals surface area contributed by atoms with Crippen LogP contribution in [0.1, 0.15) is 11.3 Å². The summed E-state index contributed by atoms with van der Waals surface area (Å²) < 4.78 is 5.67. The Bertz CT molecular complexity index is 555. The lowest BCUT2D eigenvalue weighted by Crippen LogP contribution is -2.11. The molecule has 0 fully saturated rings. The number of rotatable bonds is 3. The van der Waals surface area contributed by atoms with Gasteiger partial charge in [0.2, 0.25) is 5.88 Å². The Balaban J connectivity index is 2.28. The van der Waals surface area contributed by atoms with Gasteiger partial charge in [0.05, 0.1) is 0 Å². The lowest BCUT2D eigenvalue weighted by molar-refractivity contribution is 0.459. The van der Waals surface area contributed by atoms with Crippen molar-refractivity contribution in [3.63, 3.8) is 0 Å². The Morgan fingerprint density at radius 3 is 2.65 bits per heavy atom. The van der Waals surface area contributed by atoms with Crippen molar-refractivity contribution in [2.45, 2.75) is 6.92 Å². The van der Waals surface area contributed by atoms with Gasteiger partial charge >= 0.3 is 0 Å². The first-order valence-corrected chi connectivity index (χ1v) is 5.58.